The van der Waals surface area contributed by atoms with E-state index in [0.717, 1.165) is 5.56 Å². The van der Waals surface area contributed by atoms with Crippen LogP contribution in [0.25, 0.3) is 0 Å². The molecule has 1 aromatic carbocycles. The number of aromatic nitrogens is 4. The zero-order valence-electron chi connectivity index (χ0n) is 28.6. The first-order chi connectivity index (χ1) is 25.0. The van der Waals surface area contributed by atoms with Gasteiger partial charge in [0.15, 0.2) is 11.4 Å². The number of carboxylic acid groups (broad SMARTS) is 1. The van der Waals surface area contributed by atoms with Crippen LogP contribution < -0.4 is 21.3 Å². The van der Waals surface area contributed by atoms with E-state index >= 15 is 0 Å². The van der Waals surface area contributed by atoms with Crippen LogP contribution in [0.15, 0.2) is 64.1 Å². The summed E-state index contributed by atoms with van der Waals surface area (Å²) in [5.41, 5.74) is 0.987. The standard InChI is InChI=1S/C33H37N9O7.CH2O2/c1-17(2)9-22-28(44)36-18(3)31-41-25(16-48-31)33(47)42-14-21(37-27(43)20-12-34-35-13-20)11-26(42)30(46)39-23(10-19-7-5-4-6-8-19)32-40-24(15-49-32)29(45)38-22;2-1-3/h4-8,12-13,15-18,21-23,26H,9-11,14H2,1-3H3,(H,34,35)(H,36,44)(H,37,43)(H,38,45)(H,39,46);1H,(H,2,3)/t18-,21+,22-,23+,26+;/m1./s1. The van der Waals surface area contributed by atoms with Crippen molar-refractivity contribution in [3.8, 4) is 0 Å². The molecular formula is C34H39N9O9. The molecule has 4 aromatic rings. The molecule has 52 heavy (non-hydrogen) atoms. The fourth-order valence-electron chi connectivity index (χ4n) is 5.97. The van der Waals surface area contributed by atoms with Crippen LogP contribution in [0.1, 0.15) is 94.4 Å². The van der Waals surface area contributed by atoms with Crippen LogP contribution in [0.5, 0.6) is 0 Å². The predicted molar refractivity (Wildman–Crippen MR) is 179 cm³/mol. The van der Waals surface area contributed by atoms with E-state index in [9.17, 15) is 24.0 Å². The van der Waals surface area contributed by atoms with E-state index in [0.29, 0.717) is 12.0 Å². The average Bonchev–Trinajstić information content (AvgIpc) is 3.94. The van der Waals surface area contributed by atoms with E-state index in [1.165, 1.54) is 29.8 Å². The van der Waals surface area contributed by atoms with E-state index in [-0.39, 0.29) is 54.9 Å². The number of hydrogen-bond donors (Lipinski definition) is 6. The number of carbonyl (C=O) groups is 6. The van der Waals surface area contributed by atoms with Crippen molar-refractivity contribution in [2.24, 2.45) is 5.92 Å². The molecule has 5 amide bonds. The highest BCUT2D eigenvalue weighted by Crippen LogP contribution is 2.25. The number of aromatic amines is 1. The summed E-state index contributed by atoms with van der Waals surface area (Å²) in [6, 6.07) is 5.14. The molecule has 18 nitrogen and oxygen atoms in total. The molecule has 0 radical (unpaired) electrons. The molecule has 274 valence electrons. The van der Waals surface area contributed by atoms with Crippen LogP contribution >= 0.6 is 0 Å². The van der Waals surface area contributed by atoms with Gasteiger partial charge in [0.2, 0.25) is 23.6 Å². The molecule has 6 rings (SSSR count). The van der Waals surface area contributed by atoms with Crippen LogP contribution in [-0.2, 0) is 20.8 Å². The summed E-state index contributed by atoms with van der Waals surface area (Å²) in [5.74, 6) is -2.49. The van der Waals surface area contributed by atoms with Crippen molar-refractivity contribution in [3.63, 3.8) is 0 Å². The maximum Gasteiger partial charge on any atom is 0.290 e. The Morgan fingerprint density at radius 1 is 1.00 bits per heavy atom. The van der Waals surface area contributed by atoms with E-state index in [1.54, 1.807) is 6.92 Å². The molecular weight excluding hydrogens is 678 g/mol. The van der Waals surface area contributed by atoms with Crippen molar-refractivity contribution in [3.05, 3.63) is 89.5 Å². The van der Waals surface area contributed by atoms with Crippen LogP contribution in [-0.4, -0.2) is 90.9 Å². The minimum absolute atomic E-state index is 0.00144. The molecule has 0 unspecified atom stereocenters. The number of hydrogen-bond acceptors (Lipinski definition) is 11. The molecule has 18 heteroatoms. The number of nitrogens with zero attached hydrogens (tertiary/aromatic N) is 4. The van der Waals surface area contributed by atoms with Crippen molar-refractivity contribution >= 4 is 36.0 Å². The molecule has 0 aliphatic carbocycles. The van der Waals surface area contributed by atoms with Gasteiger partial charge < -0.3 is 40.1 Å². The Hall–Kier alpha value is -6.33. The van der Waals surface area contributed by atoms with Crippen molar-refractivity contribution in [2.45, 2.75) is 70.2 Å². The Morgan fingerprint density at radius 3 is 2.38 bits per heavy atom. The van der Waals surface area contributed by atoms with Gasteiger partial charge in [0, 0.05) is 25.2 Å². The maximum absolute atomic E-state index is 14.1. The van der Waals surface area contributed by atoms with Gasteiger partial charge in [-0.2, -0.15) is 5.10 Å². The van der Waals surface area contributed by atoms with Crippen molar-refractivity contribution in [1.29, 1.82) is 0 Å². The molecule has 1 fully saturated rings. The average molecular weight is 718 g/mol. The normalized spacial score (nSPS) is 22.2. The highest BCUT2D eigenvalue weighted by Gasteiger charge is 2.42. The lowest BCUT2D eigenvalue weighted by Crippen LogP contribution is -2.48. The van der Waals surface area contributed by atoms with Gasteiger partial charge in [-0.15, -0.1) is 0 Å². The predicted octanol–water partition coefficient (Wildman–Crippen LogP) is 1.54. The maximum atomic E-state index is 14.1. The number of amides is 5. The Kier molecular flexibility index (Phi) is 11.8. The van der Waals surface area contributed by atoms with Gasteiger partial charge in [-0.1, -0.05) is 44.2 Å². The quantitative estimate of drug-likeness (QED) is 0.155. The Bertz CT molecular complexity index is 1870. The summed E-state index contributed by atoms with van der Waals surface area (Å²) in [7, 11) is 0. The van der Waals surface area contributed by atoms with Gasteiger partial charge in [-0.05, 0) is 31.2 Å². The number of nitrogens with one attached hydrogen (secondary N) is 5. The summed E-state index contributed by atoms with van der Waals surface area (Å²) in [4.78, 5) is 86.1. The summed E-state index contributed by atoms with van der Waals surface area (Å²) < 4.78 is 11.4. The van der Waals surface area contributed by atoms with Crippen molar-refractivity contribution in [1.82, 2.24) is 46.3 Å². The van der Waals surface area contributed by atoms with Crippen LogP contribution in [0.3, 0.4) is 0 Å². The SMILES string of the molecule is CC(C)C[C@H]1NC(=O)c2coc(n2)[C@H](Cc2ccccc2)NC(=O)[C@@H]2C[C@H](NC(=O)c3cn[nH]c3)CN2C(=O)c2coc(n2)[C@@H](C)NC1=O.O=CO. The molecule has 4 bridgehead atoms. The van der Waals surface area contributed by atoms with Gasteiger partial charge in [-0.25, -0.2) is 9.97 Å². The smallest absolute Gasteiger partial charge is 0.290 e. The lowest BCUT2D eigenvalue weighted by Gasteiger charge is -2.25. The van der Waals surface area contributed by atoms with Crippen LogP contribution in [0.2, 0.25) is 0 Å². The van der Waals surface area contributed by atoms with Gasteiger partial charge >= 0.3 is 0 Å². The molecule has 0 saturated carbocycles. The second-order valence-corrected chi connectivity index (χ2v) is 12.8. The molecule has 5 heterocycles. The zero-order chi connectivity index (χ0) is 37.4. The van der Waals surface area contributed by atoms with Crippen LogP contribution in [0.4, 0.5) is 0 Å². The van der Waals surface area contributed by atoms with Gasteiger partial charge in [0.05, 0.1) is 11.8 Å². The Balaban J connectivity index is 0.00000168. The Morgan fingerprint density at radius 2 is 1.69 bits per heavy atom. The van der Waals surface area contributed by atoms with Crippen LogP contribution in [0, 0.1) is 5.92 Å². The first-order valence-corrected chi connectivity index (χ1v) is 16.5. The molecule has 0 spiro atoms. The molecule has 2 aliphatic rings. The zero-order valence-corrected chi connectivity index (χ0v) is 28.6. The van der Waals surface area contributed by atoms with Gasteiger partial charge in [0.1, 0.15) is 36.7 Å². The number of rotatable bonds is 6. The third-order valence-corrected chi connectivity index (χ3v) is 8.41. The van der Waals surface area contributed by atoms with E-state index in [4.69, 9.17) is 18.7 Å². The Labute approximate surface area is 297 Å². The monoisotopic (exact) mass is 717 g/mol. The minimum atomic E-state index is -1.04. The highest BCUT2D eigenvalue weighted by molar-refractivity contribution is 5.98. The van der Waals surface area contributed by atoms with Gasteiger partial charge in [0.25, 0.3) is 24.2 Å². The second-order valence-electron chi connectivity index (χ2n) is 12.8. The first kappa shape index (κ1) is 36.9. The summed E-state index contributed by atoms with van der Waals surface area (Å²) in [6.07, 6.45) is 5.82. The minimum Gasteiger partial charge on any atom is -0.483 e. The van der Waals surface area contributed by atoms with Crippen molar-refractivity contribution in [2.75, 3.05) is 6.54 Å². The van der Waals surface area contributed by atoms with E-state index < -0.39 is 59.7 Å². The third kappa shape index (κ3) is 8.87. The fraction of sp³-hybridized carbons (Fsp3) is 0.382. The van der Waals surface area contributed by atoms with Gasteiger partial charge in [-0.3, -0.25) is 33.9 Å². The van der Waals surface area contributed by atoms with Crippen molar-refractivity contribution < 1.29 is 42.7 Å². The number of H-pyrrole nitrogens is 1. The third-order valence-electron chi connectivity index (χ3n) is 8.41. The second kappa shape index (κ2) is 16.6. The number of benzene rings is 1. The largest absolute Gasteiger partial charge is 0.483 e. The fourth-order valence-corrected chi connectivity index (χ4v) is 5.97. The lowest BCUT2D eigenvalue weighted by atomic mass is 10.0. The summed E-state index contributed by atoms with van der Waals surface area (Å²) in [6.45, 7) is 5.22. The highest BCUT2D eigenvalue weighted by atomic mass is 16.4. The molecule has 5 atom stereocenters. The summed E-state index contributed by atoms with van der Waals surface area (Å²) in [5, 5.41) is 24.7. The molecule has 3 aromatic heterocycles. The molecule has 6 N–H and O–H groups in total. The number of fused-ring (bicyclic) bond motifs is 5. The van der Waals surface area contributed by atoms with E-state index in [2.05, 4.69) is 41.4 Å². The summed E-state index contributed by atoms with van der Waals surface area (Å²) >= 11 is 0. The first-order valence-electron chi connectivity index (χ1n) is 16.5. The molecule has 1 saturated heterocycles. The topological polar surface area (TPSA) is 255 Å². The van der Waals surface area contributed by atoms with E-state index in [1.807, 2.05) is 44.2 Å². The number of carbonyl (C=O) groups excluding carboxylic acids is 5. The molecule has 2 aliphatic heterocycles. The number of oxazole rings is 2. The lowest BCUT2D eigenvalue weighted by molar-refractivity contribution is -0.126.